The van der Waals surface area contributed by atoms with Crippen molar-refractivity contribution >= 4 is 34.9 Å². The number of aromatic nitrogens is 2. The Kier molecular flexibility index (Phi) is 2.80. The third-order valence-electron chi connectivity index (χ3n) is 4.42. The normalized spacial score (nSPS) is 20.5. The van der Waals surface area contributed by atoms with Crippen molar-refractivity contribution in [2.75, 3.05) is 18.0 Å². The SMILES string of the molecule is O=C1NC(=O)C2(CCN(c3cc(Cl)cc4cncn34)CC2)N1. The van der Waals surface area contributed by atoms with E-state index in [4.69, 9.17) is 11.6 Å². The number of pyridine rings is 1. The van der Waals surface area contributed by atoms with Gasteiger partial charge in [-0.25, -0.2) is 9.78 Å². The van der Waals surface area contributed by atoms with Crippen LogP contribution in [0.25, 0.3) is 5.52 Å². The Morgan fingerprint density at radius 3 is 2.68 bits per heavy atom. The summed E-state index contributed by atoms with van der Waals surface area (Å²) in [6.45, 7) is 1.31. The van der Waals surface area contributed by atoms with Crippen LogP contribution in [0.3, 0.4) is 0 Å². The highest BCUT2D eigenvalue weighted by Gasteiger charge is 2.48. The van der Waals surface area contributed by atoms with Gasteiger partial charge in [0.15, 0.2) is 0 Å². The molecule has 4 heterocycles. The maximum Gasteiger partial charge on any atom is 0.322 e. The molecule has 2 saturated heterocycles. The number of carbonyl (C=O) groups is 2. The highest BCUT2D eigenvalue weighted by atomic mass is 35.5. The number of piperidine rings is 1. The van der Waals surface area contributed by atoms with Crippen LogP contribution in [0.5, 0.6) is 0 Å². The van der Waals surface area contributed by atoms with E-state index in [9.17, 15) is 9.59 Å². The van der Waals surface area contributed by atoms with Gasteiger partial charge in [-0.05, 0) is 25.0 Å². The minimum atomic E-state index is -0.764. The summed E-state index contributed by atoms with van der Waals surface area (Å²) in [5.74, 6) is 0.718. The fourth-order valence-corrected chi connectivity index (χ4v) is 3.43. The van der Waals surface area contributed by atoms with Gasteiger partial charge in [0, 0.05) is 18.1 Å². The molecule has 2 aromatic heterocycles. The van der Waals surface area contributed by atoms with Crippen molar-refractivity contribution < 1.29 is 9.59 Å². The van der Waals surface area contributed by atoms with Gasteiger partial charge in [0.25, 0.3) is 5.91 Å². The van der Waals surface area contributed by atoms with Gasteiger partial charge >= 0.3 is 6.03 Å². The van der Waals surface area contributed by atoms with E-state index < -0.39 is 11.6 Å². The van der Waals surface area contributed by atoms with Gasteiger partial charge in [-0.3, -0.25) is 14.5 Å². The number of urea groups is 1. The lowest BCUT2D eigenvalue weighted by Crippen LogP contribution is -2.55. The first kappa shape index (κ1) is 13.4. The molecule has 1 spiro atoms. The number of amides is 3. The Morgan fingerprint density at radius 1 is 1.23 bits per heavy atom. The zero-order valence-electron chi connectivity index (χ0n) is 11.7. The van der Waals surface area contributed by atoms with Crippen molar-refractivity contribution in [3.63, 3.8) is 0 Å². The summed E-state index contributed by atoms with van der Waals surface area (Å²) >= 11 is 6.17. The molecule has 0 aliphatic carbocycles. The van der Waals surface area contributed by atoms with Crippen LogP contribution in [-0.4, -0.2) is 40.0 Å². The van der Waals surface area contributed by atoms with Crippen molar-refractivity contribution in [2.45, 2.75) is 18.4 Å². The number of imide groups is 1. The highest BCUT2D eigenvalue weighted by molar-refractivity contribution is 6.31. The van der Waals surface area contributed by atoms with Crippen LogP contribution in [0.4, 0.5) is 10.6 Å². The van der Waals surface area contributed by atoms with Crippen LogP contribution in [0.15, 0.2) is 24.7 Å². The van der Waals surface area contributed by atoms with Gasteiger partial charge in [-0.2, -0.15) is 0 Å². The number of imidazole rings is 1. The largest absolute Gasteiger partial charge is 0.357 e. The first-order valence-corrected chi connectivity index (χ1v) is 7.45. The number of nitrogens with one attached hydrogen (secondary N) is 2. The van der Waals surface area contributed by atoms with E-state index in [0.717, 1.165) is 11.3 Å². The second kappa shape index (κ2) is 4.61. The minimum Gasteiger partial charge on any atom is -0.357 e. The average Bonchev–Trinajstić information content (AvgIpc) is 3.04. The molecule has 7 nitrogen and oxygen atoms in total. The number of halogens is 1. The van der Waals surface area contributed by atoms with Crippen LogP contribution in [-0.2, 0) is 4.79 Å². The topological polar surface area (TPSA) is 78.7 Å². The lowest BCUT2D eigenvalue weighted by molar-refractivity contribution is -0.124. The van der Waals surface area contributed by atoms with Gasteiger partial charge in [-0.1, -0.05) is 11.6 Å². The van der Waals surface area contributed by atoms with Crippen LogP contribution in [0.2, 0.25) is 5.02 Å². The smallest absolute Gasteiger partial charge is 0.322 e. The molecule has 3 amide bonds. The summed E-state index contributed by atoms with van der Waals surface area (Å²) in [7, 11) is 0. The average molecular weight is 320 g/mol. The number of rotatable bonds is 1. The molecule has 0 unspecified atom stereocenters. The summed E-state index contributed by atoms with van der Waals surface area (Å²) in [6.07, 6.45) is 4.63. The summed E-state index contributed by atoms with van der Waals surface area (Å²) < 4.78 is 1.97. The molecular weight excluding hydrogens is 306 g/mol. The maximum absolute atomic E-state index is 12.0. The van der Waals surface area contributed by atoms with E-state index in [-0.39, 0.29) is 5.91 Å². The van der Waals surface area contributed by atoms with E-state index >= 15 is 0 Å². The zero-order chi connectivity index (χ0) is 15.3. The second-order valence-electron chi connectivity index (χ2n) is 5.70. The first-order valence-electron chi connectivity index (χ1n) is 7.08. The molecule has 2 aliphatic heterocycles. The molecule has 8 heteroatoms. The lowest BCUT2D eigenvalue weighted by atomic mass is 9.88. The van der Waals surface area contributed by atoms with Gasteiger partial charge in [0.2, 0.25) is 0 Å². The number of fused-ring (bicyclic) bond motifs is 1. The molecule has 2 aliphatic rings. The van der Waals surface area contributed by atoms with Crippen molar-refractivity contribution in [1.82, 2.24) is 20.0 Å². The predicted octanol–water partition coefficient (Wildman–Crippen LogP) is 1.17. The van der Waals surface area contributed by atoms with E-state index in [0.29, 0.717) is 31.0 Å². The van der Waals surface area contributed by atoms with Crippen molar-refractivity contribution in [2.24, 2.45) is 0 Å². The lowest BCUT2D eigenvalue weighted by Gasteiger charge is -2.38. The van der Waals surface area contributed by atoms with Crippen LogP contribution < -0.4 is 15.5 Å². The third kappa shape index (κ3) is 1.93. The molecule has 0 aromatic carbocycles. The number of carbonyl (C=O) groups excluding carboxylic acids is 2. The van der Waals surface area contributed by atoms with Gasteiger partial charge < -0.3 is 10.2 Å². The van der Waals surface area contributed by atoms with Crippen LogP contribution in [0.1, 0.15) is 12.8 Å². The number of nitrogens with zero attached hydrogens (tertiary/aromatic N) is 3. The third-order valence-corrected chi connectivity index (χ3v) is 4.64. The fourth-order valence-electron chi connectivity index (χ4n) is 3.22. The Hall–Kier alpha value is -2.28. The zero-order valence-corrected chi connectivity index (χ0v) is 12.4. The molecule has 4 rings (SSSR count). The number of hydrogen-bond acceptors (Lipinski definition) is 4. The Bertz CT molecular complexity index is 779. The van der Waals surface area contributed by atoms with E-state index in [1.807, 2.05) is 16.5 Å². The van der Waals surface area contributed by atoms with Crippen LogP contribution >= 0.6 is 11.6 Å². The van der Waals surface area contributed by atoms with Crippen molar-refractivity contribution in [3.05, 3.63) is 29.7 Å². The molecule has 114 valence electrons. The molecule has 2 aromatic rings. The van der Waals surface area contributed by atoms with Gasteiger partial charge in [0.1, 0.15) is 17.7 Å². The highest BCUT2D eigenvalue weighted by Crippen LogP contribution is 2.30. The standard InChI is InChI=1S/C14H14ClN5O2/c15-9-5-10-7-16-8-20(10)11(6-9)19-3-1-14(2-4-19)12(21)17-13(22)18-14/h5-8H,1-4H2,(H2,17,18,21,22). The Labute approximate surface area is 131 Å². The first-order chi connectivity index (χ1) is 10.6. The van der Waals surface area contributed by atoms with Crippen molar-refractivity contribution in [1.29, 1.82) is 0 Å². The quantitative estimate of drug-likeness (QED) is 0.773. The molecule has 2 fully saturated rings. The summed E-state index contributed by atoms with van der Waals surface area (Å²) in [5, 5.41) is 5.73. The van der Waals surface area contributed by atoms with Crippen molar-refractivity contribution in [3.8, 4) is 0 Å². The minimum absolute atomic E-state index is 0.226. The monoisotopic (exact) mass is 319 g/mol. The van der Waals surface area contributed by atoms with Crippen LogP contribution in [0, 0.1) is 0 Å². The molecule has 0 saturated carbocycles. The van der Waals surface area contributed by atoms with E-state index in [1.54, 1.807) is 12.5 Å². The molecule has 2 N–H and O–H groups in total. The fraction of sp³-hybridized carbons (Fsp3) is 0.357. The molecular formula is C14H14ClN5O2. The summed E-state index contributed by atoms with van der Waals surface area (Å²) in [4.78, 5) is 29.7. The summed E-state index contributed by atoms with van der Waals surface area (Å²) in [6, 6.07) is 3.34. The molecule has 0 radical (unpaired) electrons. The molecule has 0 bridgehead atoms. The number of hydrogen-bond donors (Lipinski definition) is 2. The number of anilines is 1. The predicted molar refractivity (Wildman–Crippen MR) is 81.1 cm³/mol. The Morgan fingerprint density at radius 2 is 2.00 bits per heavy atom. The maximum atomic E-state index is 12.0. The Balaban J connectivity index is 1.62. The molecule has 0 atom stereocenters. The van der Waals surface area contributed by atoms with E-state index in [1.165, 1.54) is 0 Å². The summed E-state index contributed by atoms with van der Waals surface area (Å²) in [5.41, 5.74) is 0.162. The van der Waals surface area contributed by atoms with Gasteiger partial charge in [-0.15, -0.1) is 0 Å². The second-order valence-corrected chi connectivity index (χ2v) is 6.13. The molecule has 22 heavy (non-hydrogen) atoms. The van der Waals surface area contributed by atoms with Gasteiger partial charge in [0.05, 0.1) is 11.7 Å². The van der Waals surface area contributed by atoms with E-state index in [2.05, 4.69) is 20.5 Å².